The lowest BCUT2D eigenvalue weighted by Gasteiger charge is -2.37. The molecule has 0 radical (unpaired) electrons. The van der Waals surface area contributed by atoms with Crippen molar-refractivity contribution < 1.29 is 17.6 Å². The Kier molecular flexibility index (Phi) is 6.66. The number of hydrogen-bond donors (Lipinski definition) is 1. The molecule has 8 heteroatoms. The van der Waals surface area contributed by atoms with Gasteiger partial charge in [-0.2, -0.15) is 4.31 Å². The van der Waals surface area contributed by atoms with E-state index in [1.807, 2.05) is 49.1 Å². The van der Waals surface area contributed by atoms with Gasteiger partial charge in [0.1, 0.15) is 5.82 Å². The van der Waals surface area contributed by atoms with E-state index in [0.717, 1.165) is 17.7 Å². The number of amides is 1. The number of benzene rings is 2. The smallest absolute Gasteiger partial charge is 0.243 e. The summed E-state index contributed by atoms with van der Waals surface area (Å²) >= 11 is 0. The van der Waals surface area contributed by atoms with E-state index in [1.54, 1.807) is 0 Å². The Morgan fingerprint density at radius 2 is 1.55 bits per heavy atom. The van der Waals surface area contributed by atoms with E-state index in [4.69, 9.17) is 0 Å². The fourth-order valence-corrected chi connectivity index (χ4v) is 4.83. The van der Waals surface area contributed by atoms with E-state index < -0.39 is 15.8 Å². The Bertz CT molecular complexity index is 927. The number of rotatable bonds is 6. The van der Waals surface area contributed by atoms with Crippen LogP contribution < -0.4 is 5.32 Å². The number of nitrogens with zero attached hydrogens (tertiary/aromatic N) is 2. The molecule has 1 N–H and O–H groups in total. The Labute approximate surface area is 171 Å². The lowest BCUT2D eigenvalue weighted by atomic mass is 10.1. The molecule has 1 aliphatic heterocycles. The molecule has 1 amide bonds. The molecule has 2 aromatic rings. The van der Waals surface area contributed by atoms with Gasteiger partial charge in [0.15, 0.2) is 0 Å². The minimum absolute atomic E-state index is 0.0785. The third kappa shape index (κ3) is 5.01. The predicted molar refractivity (Wildman–Crippen MR) is 109 cm³/mol. The molecule has 3 rings (SSSR count). The van der Waals surface area contributed by atoms with Gasteiger partial charge in [0, 0.05) is 26.2 Å². The van der Waals surface area contributed by atoms with E-state index in [0.29, 0.717) is 13.1 Å². The SMILES string of the molecule is C[C@H](NC(=O)[C@@H](C)N1CCN(S(=O)(=O)c2ccc(F)cc2)CC1)c1ccccc1. The highest BCUT2D eigenvalue weighted by Gasteiger charge is 2.32. The fourth-order valence-electron chi connectivity index (χ4n) is 3.41. The van der Waals surface area contributed by atoms with Crippen molar-refractivity contribution in [3.05, 3.63) is 66.0 Å². The molecule has 0 saturated carbocycles. The van der Waals surface area contributed by atoms with E-state index >= 15 is 0 Å². The maximum atomic E-state index is 13.1. The maximum Gasteiger partial charge on any atom is 0.243 e. The van der Waals surface area contributed by atoms with Gasteiger partial charge in [-0.15, -0.1) is 0 Å². The van der Waals surface area contributed by atoms with Gasteiger partial charge in [-0.05, 0) is 43.7 Å². The number of carbonyl (C=O) groups is 1. The van der Waals surface area contributed by atoms with Crippen molar-refractivity contribution in [3.8, 4) is 0 Å². The minimum atomic E-state index is -3.66. The zero-order valence-corrected chi connectivity index (χ0v) is 17.4. The molecule has 0 aromatic heterocycles. The molecule has 0 spiro atoms. The van der Waals surface area contributed by atoms with Crippen LogP contribution in [0.4, 0.5) is 4.39 Å². The largest absolute Gasteiger partial charge is 0.348 e. The van der Waals surface area contributed by atoms with Gasteiger partial charge in [0.2, 0.25) is 15.9 Å². The molecular formula is C21H26FN3O3S. The van der Waals surface area contributed by atoms with Gasteiger partial charge >= 0.3 is 0 Å². The molecule has 1 saturated heterocycles. The molecule has 0 bridgehead atoms. The van der Waals surface area contributed by atoms with E-state index in [-0.39, 0.29) is 36.0 Å². The van der Waals surface area contributed by atoms with Crippen LogP contribution in [0, 0.1) is 5.82 Å². The standard InChI is InChI=1S/C21H26FN3O3S/c1-16(18-6-4-3-5-7-18)23-21(26)17(2)24-12-14-25(15-13-24)29(27,28)20-10-8-19(22)9-11-20/h3-11,16-17H,12-15H2,1-2H3,(H,23,26)/t16-,17+/m0/s1. The first-order valence-electron chi connectivity index (χ1n) is 9.64. The summed E-state index contributed by atoms with van der Waals surface area (Å²) in [6, 6.07) is 14.1. The molecule has 1 heterocycles. The van der Waals surface area contributed by atoms with Crippen LogP contribution >= 0.6 is 0 Å². The molecule has 0 aliphatic carbocycles. The van der Waals surface area contributed by atoms with Crippen molar-refractivity contribution in [2.24, 2.45) is 0 Å². The summed E-state index contributed by atoms with van der Waals surface area (Å²) < 4.78 is 39.9. The Hall–Kier alpha value is -2.29. The van der Waals surface area contributed by atoms with Crippen molar-refractivity contribution >= 4 is 15.9 Å². The van der Waals surface area contributed by atoms with Crippen molar-refractivity contribution in [1.82, 2.24) is 14.5 Å². The van der Waals surface area contributed by atoms with Gasteiger partial charge in [-0.3, -0.25) is 9.69 Å². The third-order valence-electron chi connectivity index (χ3n) is 5.31. The lowest BCUT2D eigenvalue weighted by molar-refractivity contribution is -0.127. The molecule has 2 atom stereocenters. The minimum Gasteiger partial charge on any atom is -0.348 e. The number of piperazine rings is 1. The van der Waals surface area contributed by atoms with Crippen molar-refractivity contribution in [2.45, 2.75) is 30.8 Å². The monoisotopic (exact) mass is 419 g/mol. The fraction of sp³-hybridized carbons (Fsp3) is 0.381. The van der Waals surface area contributed by atoms with Crippen LogP contribution in [-0.4, -0.2) is 55.8 Å². The zero-order chi connectivity index (χ0) is 21.0. The molecule has 1 aliphatic rings. The first-order chi connectivity index (χ1) is 13.8. The summed E-state index contributed by atoms with van der Waals surface area (Å²) in [6.07, 6.45) is 0. The summed E-state index contributed by atoms with van der Waals surface area (Å²) in [7, 11) is -3.66. The van der Waals surface area contributed by atoms with Crippen LogP contribution in [0.25, 0.3) is 0 Å². The second-order valence-electron chi connectivity index (χ2n) is 7.21. The number of halogens is 1. The summed E-state index contributed by atoms with van der Waals surface area (Å²) in [5, 5.41) is 3.02. The van der Waals surface area contributed by atoms with Crippen LogP contribution in [0.2, 0.25) is 0 Å². The number of nitrogens with one attached hydrogen (secondary N) is 1. The highest BCUT2D eigenvalue weighted by Crippen LogP contribution is 2.19. The van der Waals surface area contributed by atoms with Crippen LogP contribution in [0.3, 0.4) is 0 Å². The van der Waals surface area contributed by atoms with Crippen LogP contribution in [0.5, 0.6) is 0 Å². The highest BCUT2D eigenvalue weighted by molar-refractivity contribution is 7.89. The average molecular weight is 420 g/mol. The molecular weight excluding hydrogens is 393 g/mol. The normalized spacial score (nSPS) is 18.2. The molecule has 1 fully saturated rings. The second-order valence-corrected chi connectivity index (χ2v) is 9.15. The highest BCUT2D eigenvalue weighted by atomic mass is 32.2. The molecule has 29 heavy (non-hydrogen) atoms. The van der Waals surface area contributed by atoms with Crippen molar-refractivity contribution in [3.63, 3.8) is 0 Å². The van der Waals surface area contributed by atoms with E-state index in [9.17, 15) is 17.6 Å². The van der Waals surface area contributed by atoms with Gasteiger partial charge in [-0.1, -0.05) is 30.3 Å². The number of hydrogen-bond acceptors (Lipinski definition) is 4. The van der Waals surface area contributed by atoms with Crippen molar-refractivity contribution in [2.75, 3.05) is 26.2 Å². The predicted octanol–water partition coefficient (Wildman–Crippen LogP) is 2.40. The first kappa shape index (κ1) is 21.4. The van der Waals surface area contributed by atoms with E-state index in [1.165, 1.54) is 16.4 Å². The third-order valence-corrected chi connectivity index (χ3v) is 7.22. The van der Waals surface area contributed by atoms with Crippen LogP contribution in [-0.2, 0) is 14.8 Å². The maximum absolute atomic E-state index is 13.1. The summed E-state index contributed by atoms with van der Waals surface area (Å²) in [5.41, 5.74) is 1.03. The number of carbonyl (C=O) groups excluding carboxylic acids is 1. The summed E-state index contributed by atoms with van der Waals surface area (Å²) in [6.45, 7) is 5.24. The average Bonchev–Trinajstić information content (AvgIpc) is 2.74. The molecule has 156 valence electrons. The quantitative estimate of drug-likeness (QED) is 0.781. The molecule has 2 aromatic carbocycles. The number of sulfonamides is 1. The van der Waals surface area contributed by atoms with Gasteiger partial charge in [0.05, 0.1) is 17.0 Å². The van der Waals surface area contributed by atoms with Crippen LogP contribution in [0.15, 0.2) is 59.5 Å². The first-order valence-corrected chi connectivity index (χ1v) is 11.1. The Morgan fingerprint density at radius 3 is 2.14 bits per heavy atom. The molecule has 6 nitrogen and oxygen atoms in total. The van der Waals surface area contributed by atoms with Gasteiger partial charge < -0.3 is 5.32 Å². The Morgan fingerprint density at radius 1 is 0.966 bits per heavy atom. The van der Waals surface area contributed by atoms with Gasteiger partial charge in [0.25, 0.3) is 0 Å². The lowest BCUT2D eigenvalue weighted by Crippen LogP contribution is -2.55. The topological polar surface area (TPSA) is 69.7 Å². The zero-order valence-electron chi connectivity index (χ0n) is 16.6. The van der Waals surface area contributed by atoms with E-state index in [2.05, 4.69) is 5.32 Å². The van der Waals surface area contributed by atoms with Crippen molar-refractivity contribution in [1.29, 1.82) is 0 Å². The van der Waals surface area contributed by atoms with Crippen LogP contribution in [0.1, 0.15) is 25.5 Å². The summed E-state index contributed by atoms with van der Waals surface area (Å²) in [5.74, 6) is -0.561. The second kappa shape index (κ2) is 9.02. The summed E-state index contributed by atoms with van der Waals surface area (Å²) in [4.78, 5) is 14.7. The Balaban J connectivity index is 1.57. The molecule has 0 unspecified atom stereocenters. The van der Waals surface area contributed by atoms with Gasteiger partial charge in [-0.25, -0.2) is 12.8 Å².